The highest BCUT2D eigenvalue weighted by atomic mass is 16.5. The average Bonchev–Trinajstić information content (AvgIpc) is 2.85. The fourth-order valence-corrected chi connectivity index (χ4v) is 2.20. The highest BCUT2D eigenvalue weighted by Gasteiger charge is 2.31. The molecule has 0 radical (unpaired) electrons. The molecule has 2 rings (SSSR count). The van der Waals surface area contributed by atoms with Gasteiger partial charge in [-0.2, -0.15) is 0 Å². The Morgan fingerprint density at radius 3 is 3.00 bits per heavy atom. The summed E-state index contributed by atoms with van der Waals surface area (Å²) in [7, 11) is 0. The topological polar surface area (TPSA) is 66.0 Å². The van der Waals surface area contributed by atoms with Crippen LogP contribution in [0.4, 0.5) is 0 Å². The van der Waals surface area contributed by atoms with E-state index in [4.69, 9.17) is 10.5 Å². The average molecular weight is 238 g/mol. The Kier molecular flexibility index (Phi) is 3.49. The van der Waals surface area contributed by atoms with Crippen molar-refractivity contribution in [2.45, 2.75) is 64.3 Å². The zero-order chi connectivity index (χ0) is 12.5. The fraction of sp³-hybridized carbons (Fsp3) is 0.833. The summed E-state index contributed by atoms with van der Waals surface area (Å²) in [6.07, 6.45) is 5.25. The van der Waals surface area contributed by atoms with Crippen LogP contribution in [0.3, 0.4) is 0 Å². The maximum absolute atomic E-state index is 5.93. The zero-order valence-electron chi connectivity index (χ0n) is 10.9. The third-order valence-electron chi connectivity index (χ3n) is 3.32. The highest BCUT2D eigenvalue weighted by molar-refractivity contribution is 4.99. The number of nitrogens with zero attached hydrogens (tertiary/aromatic N) is 3. The monoisotopic (exact) mass is 238 g/mol. The first-order valence-electron chi connectivity index (χ1n) is 6.33. The second kappa shape index (κ2) is 4.74. The molecule has 1 aliphatic heterocycles. The van der Waals surface area contributed by atoms with Crippen LogP contribution in [-0.2, 0) is 11.3 Å². The van der Waals surface area contributed by atoms with Gasteiger partial charge in [-0.15, -0.1) is 5.10 Å². The largest absolute Gasteiger partial charge is 0.370 e. The Hall–Kier alpha value is -0.940. The molecule has 0 aliphatic carbocycles. The molecule has 96 valence electrons. The molecule has 0 spiro atoms. The number of ether oxygens (including phenoxy) is 1. The standard InChI is InChI=1S/C12H22N4O/c1-4-10(13)11-8-16(15-14-11)7-9-5-6-12(2,3)17-9/h8-10H,4-7,13H2,1-3H3. The Morgan fingerprint density at radius 2 is 2.41 bits per heavy atom. The lowest BCUT2D eigenvalue weighted by Gasteiger charge is -2.18. The molecule has 1 aliphatic rings. The van der Waals surface area contributed by atoms with Gasteiger partial charge in [0.2, 0.25) is 0 Å². The van der Waals surface area contributed by atoms with E-state index in [2.05, 4.69) is 24.2 Å². The molecule has 0 bridgehead atoms. The van der Waals surface area contributed by atoms with Crippen molar-refractivity contribution >= 4 is 0 Å². The van der Waals surface area contributed by atoms with E-state index in [1.807, 2.05) is 17.8 Å². The van der Waals surface area contributed by atoms with Crippen molar-refractivity contribution in [2.75, 3.05) is 0 Å². The van der Waals surface area contributed by atoms with Gasteiger partial charge in [-0.3, -0.25) is 0 Å². The number of rotatable bonds is 4. The molecule has 17 heavy (non-hydrogen) atoms. The SMILES string of the molecule is CCC(N)c1cn(CC2CCC(C)(C)O2)nn1. The van der Waals surface area contributed by atoms with Crippen LogP contribution < -0.4 is 5.73 Å². The highest BCUT2D eigenvalue weighted by Crippen LogP contribution is 2.29. The second-order valence-corrected chi connectivity index (χ2v) is 5.42. The van der Waals surface area contributed by atoms with Crippen LogP contribution >= 0.6 is 0 Å². The van der Waals surface area contributed by atoms with Gasteiger partial charge in [0.05, 0.1) is 36.2 Å². The molecule has 1 aromatic rings. The third-order valence-corrected chi connectivity index (χ3v) is 3.32. The smallest absolute Gasteiger partial charge is 0.0994 e. The molecule has 1 fully saturated rings. The molecular weight excluding hydrogens is 216 g/mol. The van der Waals surface area contributed by atoms with Gasteiger partial charge in [0, 0.05) is 0 Å². The molecule has 5 nitrogen and oxygen atoms in total. The molecule has 0 amide bonds. The normalized spacial score (nSPS) is 25.1. The van der Waals surface area contributed by atoms with Crippen LogP contribution in [0.5, 0.6) is 0 Å². The van der Waals surface area contributed by atoms with Crippen molar-refractivity contribution in [3.63, 3.8) is 0 Å². The summed E-state index contributed by atoms with van der Waals surface area (Å²) in [5.74, 6) is 0. The van der Waals surface area contributed by atoms with Crippen molar-refractivity contribution < 1.29 is 4.74 Å². The quantitative estimate of drug-likeness (QED) is 0.866. The summed E-state index contributed by atoms with van der Waals surface area (Å²) in [5, 5.41) is 8.20. The Morgan fingerprint density at radius 1 is 1.65 bits per heavy atom. The Labute approximate surface area is 102 Å². The molecular formula is C12H22N4O. The van der Waals surface area contributed by atoms with E-state index in [1.54, 1.807) is 0 Å². The fourth-order valence-electron chi connectivity index (χ4n) is 2.20. The molecule has 1 saturated heterocycles. The van der Waals surface area contributed by atoms with Crippen LogP contribution in [0.15, 0.2) is 6.20 Å². The molecule has 2 heterocycles. The van der Waals surface area contributed by atoms with Crippen LogP contribution in [-0.4, -0.2) is 26.7 Å². The number of aromatic nitrogens is 3. The minimum absolute atomic E-state index is 0.00784. The van der Waals surface area contributed by atoms with Gasteiger partial charge in [-0.1, -0.05) is 12.1 Å². The Bertz CT molecular complexity index is 374. The van der Waals surface area contributed by atoms with E-state index in [0.717, 1.165) is 31.5 Å². The number of nitrogens with two attached hydrogens (primary N) is 1. The molecule has 2 atom stereocenters. The first kappa shape index (κ1) is 12.5. The second-order valence-electron chi connectivity index (χ2n) is 5.42. The van der Waals surface area contributed by atoms with Crippen molar-refractivity contribution in [2.24, 2.45) is 5.73 Å². The Balaban J connectivity index is 1.94. The lowest BCUT2D eigenvalue weighted by Crippen LogP contribution is -2.23. The van der Waals surface area contributed by atoms with Gasteiger partial charge < -0.3 is 10.5 Å². The summed E-state index contributed by atoms with van der Waals surface area (Å²) < 4.78 is 7.77. The number of hydrogen-bond acceptors (Lipinski definition) is 4. The molecule has 2 unspecified atom stereocenters. The van der Waals surface area contributed by atoms with Crippen LogP contribution in [0, 0.1) is 0 Å². The first-order chi connectivity index (χ1) is 8.00. The minimum atomic E-state index is -0.00955. The maximum Gasteiger partial charge on any atom is 0.0994 e. The predicted octanol–water partition coefficient (Wildman–Crippen LogP) is 1.65. The first-order valence-corrected chi connectivity index (χ1v) is 6.33. The lowest BCUT2D eigenvalue weighted by atomic mass is 10.1. The maximum atomic E-state index is 5.93. The van der Waals surface area contributed by atoms with E-state index in [-0.39, 0.29) is 17.7 Å². The van der Waals surface area contributed by atoms with Gasteiger partial charge in [0.1, 0.15) is 0 Å². The van der Waals surface area contributed by atoms with Crippen molar-refractivity contribution in [1.29, 1.82) is 0 Å². The van der Waals surface area contributed by atoms with Gasteiger partial charge >= 0.3 is 0 Å². The van der Waals surface area contributed by atoms with Crippen LogP contribution in [0.2, 0.25) is 0 Å². The minimum Gasteiger partial charge on any atom is -0.370 e. The summed E-state index contributed by atoms with van der Waals surface area (Å²) in [6.45, 7) is 7.08. The zero-order valence-corrected chi connectivity index (χ0v) is 10.9. The van der Waals surface area contributed by atoms with Crippen molar-refractivity contribution in [1.82, 2.24) is 15.0 Å². The molecule has 2 N–H and O–H groups in total. The van der Waals surface area contributed by atoms with E-state index in [0.29, 0.717) is 0 Å². The third kappa shape index (κ3) is 3.04. The number of hydrogen-bond donors (Lipinski definition) is 1. The molecule has 0 saturated carbocycles. The van der Waals surface area contributed by atoms with Crippen molar-refractivity contribution in [3.05, 3.63) is 11.9 Å². The van der Waals surface area contributed by atoms with Crippen LogP contribution in [0.25, 0.3) is 0 Å². The van der Waals surface area contributed by atoms with Gasteiger partial charge in [0.15, 0.2) is 0 Å². The lowest BCUT2D eigenvalue weighted by molar-refractivity contribution is -0.0231. The molecule has 1 aromatic heterocycles. The van der Waals surface area contributed by atoms with E-state index >= 15 is 0 Å². The summed E-state index contributed by atoms with van der Waals surface area (Å²) >= 11 is 0. The van der Waals surface area contributed by atoms with E-state index in [1.165, 1.54) is 0 Å². The van der Waals surface area contributed by atoms with Crippen LogP contribution in [0.1, 0.15) is 51.8 Å². The van der Waals surface area contributed by atoms with E-state index in [9.17, 15) is 0 Å². The predicted molar refractivity (Wildman–Crippen MR) is 65.4 cm³/mol. The summed E-state index contributed by atoms with van der Waals surface area (Å²) in [6, 6.07) is -0.00955. The van der Waals surface area contributed by atoms with Gasteiger partial charge in [-0.05, 0) is 33.1 Å². The van der Waals surface area contributed by atoms with E-state index < -0.39 is 0 Å². The molecule has 5 heteroatoms. The summed E-state index contributed by atoms with van der Waals surface area (Å²) in [5.41, 5.74) is 6.79. The summed E-state index contributed by atoms with van der Waals surface area (Å²) in [4.78, 5) is 0. The van der Waals surface area contributed by atoms with Gasteiger partial charge in [-0.25, -0.2) is 4.68 Å². The molecule has 0 aromatic carbocycles. The van der Waals surface area contributed by atoms with Crippen molar-refractivity contribution in [3.8, 4) is 0 Å². The van der Waals surface area contributed by atoms with Gasteiger partial charge in [0.25, 0.3) is 0 Å².